The van der Waals surface area contributed by atoms with Gasteiger partial charge in [0, 0.05) is 13.6 Å². The van der Waals surface area contributed by atoms with Crippen LogP contribution in [-0.2, 0) is 9.36 Å². The molecule has 0 aliphatic carbocycles. The smallest absolute Gasteiger partial charge is 0.328 e. The molecule has 0 aromatic carbocycles. The van der Waals surface area contributed by atoms with E-state index in [1.807, 2.05) is 0 Å². The Labute approximate surface area is 83.6 Å². The molecule has 0 aliphatic rings. The van der Waals surface area contributed by atoms with Crippen molar-refractivity contribution in [1.29, 1.82) is 0 Å². The Kier molecular flexibility index (Phi) is 5.05. The molecule has 0 bridgehead atoms. The standard InChI is InChI=1S/C8H16NO4P/c1-4-8(10)9(3)6-5-7(2)14(11,12)13/h4,7H,1,5-6H2,2-3H3,(H2,11,12,13). The first kappa shape index (κ1) is 13.4. The van der Waals surface area contributed by atoms with E-state index >= 15 is 0 Å². The minimum atomic E-state index is -4.02. The van der Waals surface area contributed by atoms with Gasteiger partial charge in [-0.2, -0.15) is 0 Å². The fraction of sp³-hybridized carbons (Fsp3) is 0.625. The predicted molar refractivity (Wildman–Crippen MR) is 54.0 cm³/mol. The fourth-order valence-corrected chi connectivity index (χ4v) is 1.27. The Morgan fingerprint density at radius 1 is 1.64 bits per heavy atom. The van der Waals surface area contributed by atoms with Crippen LogP contribution in [0.4, 0.5) is 0 Å². The van der Waals surface area contributed by atoms with Gasteiger partial charge in [0.2, 0.25) is 5.91 Å². The van der Waals surface area contributed by atoms with Crippen LogP contribution in [0.25, 0.3) is 0 Å². The molecule has 0 spiro atoms. The molecule has 0 radical (unpaired) electrons. The van der Waals surface area contributed by atoms with Gasteiger partial charge in [-0.3, -0.25) is 9.36 Å². The van der Waals surface area contributed by atoms with Crippen LogP contribution in [0.3, 0.4) is 0 Å². The van der Waals surface area contributed by atoms with E-state index in [9.17, 15) is 9.36 Å². The van der Waals surface area contributed by atoms with E-state index in [0.29, 0.717) is 6.54 Å². The van der Waals surface area contributed by atoms with Crippen LogP contribution in [0.2, 0.25) is 0 Å². The van der Waals surface area contributed by atoms with Crippen LogP contribution in [0.15, 0.2) is 12.7 Å². The van der Waals surface area contributed by atoms with Crippen molar-refractivity contribution in [2.75, 3.05) is 13.6 Å². The minimum absolute atomic E-state index is 0.247. The first-order valence-electron chi connectivity index (χ1n) is 4.21. The summed E-state index contributed by atoms with van der Waals surface area (Å²) in [5.74, 6) is -0.247. The number of hydrogen-bond acceptors (Lipinski definition) is 2. The van der Waals surface area contributed by atoms with Crippen molar-refractivity contribution < 1.29 is 19.1 Å². The number of amides is 1. The number of likely N-dealkylation sites (N-methyl/N-ethyl adjacent to an activating group) is 1. The van der Waals surface area contributed by atoms with Crippen molar-refractivity contribution in [1.82, 2.24) is 4.90 Å². The largest absolute Gasteiger partial charge is 0.342 e. The van der Waals surface area contributed by atoms with Crippen molar-refractivity contribution in [3.8, 4) is 0 Å². The van der Waals surface area contributed by atoms with Crippen molar-refractivity contribution >= 4 is 13.5 Å². The lowest BCUT2D eigenvalue weighted by Crippen LogP contribution is -2.27. The zero-order valence-corrected chi connectivity index (χ0v) is 9.28. The number of nitrogens with zero attached hydrogens (tertiary/aromatic N) is 1. The molecule has 1 unspecified atom stereocenters. The number of rotatable bonds is 5. The van der Waals surface area contributed by atoms with E-state index < -0.39 is 13.3 Å². The highest BCUT2D eigenvalue weighted by Crippen LogP contribution is 2.42. The van der Waals surface area contributed by atoms with Crippen LogP contribution in [0.1, 0.15) is 13.3 Å². The van der Waals surface area contributed by atoms with Gasteiger partial charge in [0.25, 0.3) is 0 Å². The van der Waals surface area contributed by atoms with Crippen LogP contribution >= 0.6 is 7.60 Å². The molecular weight excluding hydrogens is 205 g/mol. The second-order valence-electron chi connectivity index (χ2n) is 3.19. The van der Waals surface area contributed by atoms with E-state index in [4.69, 9.17) is 9.79 Å². The average molecular weight is 221 g/mol. The molecule has 0 rings (SSSR count). The highest BCUT2D eigenvalue weighted by Gasteiger charge is 2.23. The molecule has 0 aromatic heterocycles. The van der Waals surface area contributed by atoms with Gasteiger partial charge in [0.1, 0.15) is 0 Å². The summed E-state index contributed by atoms with van der Waals surface area (Å²) >= 11 is 0. The molecular formula is C8H16NO4P. The molecule has 1 atom stereocenters. The third-order valence-corrected chi connectivity index (χ3v) is 3.41. The maximum Gasteiger partial charge on any atom is 0.328 e. The Balaban J connectivity index is 4.01. The second-order valence-corrected chi connectivity index (χ2v) is 5.25. The van der Waals surface area contributed by atoms with Crippen molar-refractivity contribution in [3.63, 3.8) is 0 Å². The van der Waals surface area contributed by atoms with Gasteiger partial charge in [0.05, 0.1) is 5.66 Å². The SMILES string of the molecule is C=CC(=O)N(C)CCC(C)P(=O)(O)O. The summed E-state index contributed by atoms with van der Waals surface area (Å²) in [6, 6.07) is 0. The highest BCUT2D eigenvalue weighted by atomic mass is 31.2. The molecule has 0 aromatic rings. The molecule has 1 amide bonds. The van der Waals surface area contributed by atoms with E-state index in [2.05, 4.69) is 6.58 Å². The monoisotopic (exact) mass is 221 g/mol. The van der Waals surface area contributed by atoms with Crippen LogP contribution in [0.5, 0.6) is 0 Å². The Morgan fingerprint density at radius 2 is 2.14 bits per heavy atom. The summed E-state index contributed by atoms with van der Waals surface area (Å²) in [4.78, 5) is 29.9. The zero-order chi connectivity index (χ0) is 11.4. The summed E-state index contributed by atoms with van der Waals surface area (Å²) in [7, 11) is -2.45. The third-order valence-electron chi connectivity index (χ3n) is 2.01. The maximum atomic E-state index is 11.0. The minimum Gasteiger partial charge on any atom is -0.342 e. The molecule has 0 aliphatic heterocycles. The van der Waals surface area contributed by atoms with Gasteiger partial charge < -0.3 is 14.7 Å². The van der Waals surface area contributed by atoms with Gasteiger partial charge in [-0.15, -0.1) is 0 Å². The molecule has 6 heteroatoms. The lowest BCUT2D eigenvalue weighted by molar-refractivity contribution is -0.124. The summed E-state index contributed by atoms with van der Waals surface area (Å²) in [6.45, 7) is 5.09. The Morgan fingerprint density at radius 3 is 2.50 bits per heavy atom. The molecule has 5 nitrogen and oxygen atoms in total. The summed E-state index contributed by atoms with van der Waals surface area (Å²) in [5.41, 5.74) is -0.720. The first-order valence-corrected chi connectivity index (χ1v) is 5.90. The van der Waals surface area contributed by atoms with Gasteiger partial charge in [0.15, 0.2) is 0 Å². The number of carbonyl (C=O) groups is 1. The maximum absolute atomic E-state index is 11.0. The van der Waals surface area contributed by atoms with Gasteiger partial charge >= 0.3 is 7.60 Å². The van der Waals surface area contributed by atoms with E-state index in [1.165, 1.54) is 17.9 Å². The lowest BCUT2D eigenvalue weighted by atomic mass is 10.3. The molecule has 0 heterocycles. The second kappa shape index (κ2) is 5.29. The summed E-state index contributed by atoms with van der Waals surface area (Å²) in [5, 5.41) is 0. The Hall–Kier alpha value is -0.640. The lowest BCUT2D eigenvalue weighted by Gasteiger charge is -2.18. The fourth-order valence-electron chi connectivity index (χ4n) is 0.815. The normalized spacial score (nSPS) is 13.4. The van der Waals surface area contributed by atoms with Crippen LogP contribution in [-0.4, -0.2) is 39.8 Å². The van der Waals surface area contributed by atoms with Gasteiger partial charge in [-0.1, -0.05) is 13.5 Å². The number of hydrogen-bond donors (Lipinski definition) is 2. The third kappa shape index (κ3) is 4.56. The van der Waals surface area contributed by atoms with E-state index in [0.717, 1.165) is 0 Å². The predicted octanol–water partition coefficient (Wildman–Crippen LogP) is 0.587. The highest BCUT2D eigenvalue weighted by molar-refractivity contribution is 7.52. The first-order chi connectivity index (χ1) is 6.29. The van der Waals surface area contributed by atoms with Gasteiger partial charge in [-0.25, -0.2) is 0 Å². The van der Waals surface area contributed by atoms with Crippen LogP contribution < -0.4 is 0 Å². The van der Waals surface area contributed by atoms with Crippen molar-refractivity contribution in [2.45, 2.75) is 19.0 Å². The molecule has 0 saturated carbocycles. The van der Waals surface area contributed by atoms with Gasteiger partial charge in [-0.05, 0) is 12.5 Å². The summed E-state index contributed by atoms with van der Waals surface area (Å²) in [6.07, 6.45) is 1.45. The van der Waals surface area contributed by atoms with Crippen molar-refractivity contribution in [3.05, 3.63) is 12.7 Å². The molecule has 0 saturated heterocycles. The topological polar surface area (TPSA) is 77.8 Å². The molecule has 14 heavy (non-hydrogen) atoms. The van der Waals surface area contributed by atoms with Crippen molar-refractivity contribution in [2.24, 2.45) is 0 Å². The van der Waals surface area contributed by atoms with E-state index in [-0.39, 0.29) is 12.3 Å². The van der Waals surface area contributed by atoms with E-state index in [1.54, 1.807) is 7.05 Å². The quantitative estimate of drug-likeness (QED) is 0.526. The number of carbonyl (C=O) groups excluding carboxylic acids is 1. The Bertz CT molecular complexity index is 260. The zero-order valence-electron chi connectivity index (χ0n) is 8.38. The molecule has 82 valence electrons. The average Bonchev–Trinajstić information content (AvgIpc) is 2.10. The molecule has 2 N–H and O–H groups in total. The molecule has 0 fully saturated rings. The summed E-state index contributed by atoms with van der Waals surface area (Å²) < 4.78 is 10.8. The van der Waals surface area contributed by atoms with Crippen LogP contribution in [0, 0.1) is 0 Å².